The molecule has 5 heteroatoms. The Kier molecular flexibility index (Phi) is 6.57. The normalized spacial score (nSPS) is 16.1. The van der Waals surface area contributed by atoms with Gasteiger partial charge in [-0.1, -0.05) is 49.1 Å². The Hall–Kier alpha value is -3.57. The van der Waals surface area contributed by atoms with Gasteiger partial charge in [0.05, 0.1) is 16.3 Å². The van der Waals surface area contributed by atoms with Crippen molar-refractivity contribution < 1.29 is 9.53 Å². The highest BCUT2D eigenvalue weighted by Crippen LogP contribution is 2.37. The molecular weight excluding hydrogens is 416 g/mol. The van der Waals surface area contributed by atoms with Gasteiger partial charge in [-0.2, -0.15) is 0 Å². The highest BCUT2D eigenvalue weighted by atomic mass is 32.2. The lowest BCUT2D eigenvalue weighted by atomic mass is 10.2. The fourth-order valence-electron chi connectivity index (χ4n) is 3.32. The van der Waals surface area contributed by atoms with Gasteiger partial charge >= 0.3 is 0 Å². The molecule has 3 aromatic carbocycles. The molecule has 3 aromatic rings. The minimum absolute atomic E-state index is 0.0843. The first-order chi connectivity index (χ1) is 15.5. The third-order valence-corrected chi connectivity index (χ3v) is 5.81. The molecule has 0 aliphatic carbocycles. The molecule has 0 unspecified atom stereocenters. The Morgan fingerprint density at radius 3 is 2.41 bits per heavy atom. The number of hydrogen-bond acceptors (Lipinski definition) is 4. The van der Waals surface area contributed by atoms with Crippen molar-refractivity contribution in [3.63, 3.8) is 0 Å². The number of amides is 1. The van der Waals surface area contributed by atoms with E-state index in [1.54, 1.807) is 11.0 Å². The molecular formula is C27H24N2O2S. The molecule has 1 saturated heterocycles. The van der Waals surface area contributed by atoms with E-state index >= 15 is 0 Å². The summed E-state index contributed by atoms with van der Waals surface area (Å²) < 4.78 is 5.54. The highest BCUT2D eigenvalue weighted by molar-refractivity contribution is 8.19. The third-order valence-electron chi connectivity index (χ3n) is 4.84. The maximum Gasteiger partial charge on any atom is 0.271 e. The predicted molar refractivity (Wildman–Crippen MR) is 135 cm³/mol. The van der Waals surface area contributed by atoms with Gasteiger partial charge in [-0.3, -0.25) is 9.69 Å². The number of benzene rings is 3. The standard InChI is InChI=1S/C27H24N2O2S/c1-4-15-31-24-13-11-21(12-14-24)18-25-26(30)29(23-10-6-8-20(3)17-23)27(32-25)28-22-9-5-7-19(2)16-22/h4-14,16-18H,1,15H2,2-3H3/b25-18-,28-27?. The first kappa shape index (κ1) is 21.7. The summed E-state index contributed by atoms with van der Waals surface area (Å²) in [6.07, 6.45) is 3.60. The maximum absolute atomic E-state index is 13.4. The molecule has 0 spiro atoms. The summed E-state index contributed by atoms with van der Waals surface area (Å²) >= 11 is 1.38. The number of nitrogens with zero attached hydrogens (tertiary/aromatic N) is 2. The number of hydrogen-bond donors (Lipinski definition) is 0. The van der Waals surface area contributed by atoms with Gasteiger partial charge < -0.3 is 4.74 Å². The lowest BCUT2D eigenvalue weighted by Gasteiger charge is -2.16. The van der Waals surface area contributed by atoms with Crippen LogP contribution in [0, 0.1) is 13.8 Å². The molecule has 0 atom stereocenters. The molecule has 0 aromatic heterocycles. The minimum atomic E-state index is -0.0843. The van der Waals surface area contributed by atoms with Crippen LogP contribution >= 0.6 is 11.8 Å². The van der Waals surface area contributed by atoms with Crippen LogP contribution in [0.5, 0.6) is 5.75 Å². The predicted octanol–water partition coefficient (Wildman–Crippen LogP) is 6.68. The van der Waals surface area contributed by atoms with Crippen LogP contribution in [0.25, 0.3) is 6.08 Å². The summed E-state index contributed by atoms with van der Waals surface area (Å²) in [5, 5.41) is 0.642. The van der Waals surface area contributed by atoms with Crippen molar-refractivity contribution in [2.45, 2.75) is 13.8 Å². The van der Waals surface area contributed by atoms with Crippen molar-refractivity contribution in [2.75, 3.05) is 11.5 Å². The van der Waals surface area contributed by atoms with Crippen molar-refractivity contribution in [3.8, 4) is 5.75 Å². The summed E-state index contributed by atoms with van der Waals surface area (Å²) in [6, 6.07) is 23.5. The van der Waals surface area contributed by atoms with Crippen molar-refractivity contribution in [1.82, 2.24) is 0 Å². The first-order valence-corrected chi connectivity index (χ1v) is 11.1. The highest BCUT2D eigenvalue weighted by Gasteiger charge is 2.34. The summed E-state index contributed by atoms with van der Waals surface area (Å²) in [6.45, 7) is 8.16. The van der Waals surface area contributed by atoms with Crippen LogP contribution < -0.4 is 9.64 Å². The molecule has 0 saturated carbocycles. The number of carbonyl (C=O) groups excluding carboxylic acids is 1. The zero-order chi connectivity index (χ0) is 22.5. The molecule has 0 N–H and O–H groups in total. The average molecular weight is 441 g/mol. The smallest absolute Gasteiger partial charge is 0.271 e. The number of aryl methyl sites for hydroxylation is 2. The Morgan fingerprint density at radius 1 is 1.00 bits per heavy atom. The van der Waals surface area contributed by atoms with Crippen LogP contribution in [0.4, 0.5) is 11.4 Å². The lowest BCUT2D eigenvalue weighted by molar-refractivity contribution is -0.113. The Bertz CT molecular complexity index is 1210. The van der Waals surface area contributed by atoms with Crippen molar-refractivity contribution in [3.05, 3.63) is 107 Å². The van der Waals surface area contributed by atoms with Gasteiger partial charge in [0, 0.05) is 0 Å². The van der Waals surface area contributed by atoms with Gasteiger partial charge in [-0.05, 0) is 84.8 Å². The lowest BCUT2D eigenvalue weighted by Crippen LogP contribution is -2.28. The van der Waals surface area contributed by atoms with Crippen LogP contribution in [0.2, 0.25) is 0 Å². The summed E-state index contributed by atoms with van der Waals surface area (Å²) in [4.78, 5) is 20.5. The first-order valence-electron chi connectivity index (χ1n) is 10.3. The summed E-state index contributed by atoms with van der Waals surface area (Å²) in [5.74, 6) is 0.680. The molecule has 1 aliphatic heterocycles. The van der Waals surface area contributed by atoms with Crippen LogP contribution in [-0.2, 0) is 4.79 Å². The van der Waals surface area contributed by atoms with Crippen LogP contribution in [0.15, 0.2) is 95.3 Å². The van der Waals surface area contributed by atoms with Gasteiger partial charge in [-0.15, -0.1) is 0 Å². The summed E-state index contributed by atoms with van der Waals surface area (Å²) in [7, 11) is 0. The van der Waals surface area contributed by atoms with Crippen LogP contribution in [0.1, 0.15) is 16.7 Å². The fraction of sp³-hybridized carbons (Fsp3) is 0.111. The quantitative estimate of drug-likeness (QED) is 0.317. The number of rotatable bonds is 6. The van der Waals surface area contributed by atoms with E-state index in [0.29, 0.717) is 16.7 Å². The van der Waals surface area contributed by atoms with E-state index in [1.165, 1.54) is 11.8 Å². The SMILES string of the molecule is C=CCOc1ccc(/C=C2\SC(=Nc3cccc(C)c3)N(c3cccc(C)c3)C2=O)cc1. The van der Waals surface area contributed by atoms with Gasteiger partial charge in [0.15, 0.2) is 5.17 Å². The van der Waals surface area contributed by atoms with Gasteiger partial charge in [0.2, 0.25) is 0 Å². The minimum Gasteiger partial charge on any atom is -0.490 e. The summed E-state index contributed by atoms with van der Waals surface area (Å²) in [5.41, 5.74) is 4.77. The van der Waals surface area contributed by atoms with E-state index in [2.05, 4.69) is 6.58 Å². The van der Waals surface area contributed by atoms with Gasteiger partial charge in [-0.25, -0.2) is 4.99 Å². The third kappa shape index (κ3) is 5.01. The molecule has 1 amide bonds. The number of thioether (sulfide) groups is 1. The molecule has 1 fully saturated rings. The second-order valence-corrected chi connectivity index (χ2v) is 8.50. The van der Waals surface area contributed by atoms with Crippen LogP contribution in [0.3, 0.4) is 0 Å². The molecule has 0 radical (unpaired) electrons. The van der Waals surface area contributed by atoms with Gasteiger partial charge in [0.25, 0.3) is 5.91 Å². The van der Waals surface area contributed by atoms with E-state index < -0.39 is 0 Å². The monoisotopic (exact) mass is 440 g/mol. The molecule has 4 nitrogen and oxygen atoms in total. The van der Waals surface area contributed by atoms with Gasteiger partial charge in [0.1, 0.15) is 12.4 Å². The van der Waals surface area contributed by atoms with E-state index in [4.69, 9.17) is 9.73 Å². The van der Waals surface area contributed by atoms with Crippen molar-refractivity contribution in [2.24, 2.45) is 4.99 Å². The van der Waals surface area contributed by atoms with E-state index in [-0.39, 0.29) is 5.91 Å². The van der Waals surface area contributed by atoms with E-state index in [1.807, 2.05) is 92.7 Å². The molecule has 32 heavy (non-hydrogen) atoms. The second-order valence-electron chi connectivity index (χ2n) is 7.49. The molecule has 4 rings (SSSR count). The molecule has 0 bridgehead atoms. The van der Waals surface area contributed by atoms with Crippen molar-refractivity contribution >= 4 is 40.3 Å². The Morgan fingerprint density at radius 2 is 1.72 bits per heavy atom. The topological polar surface area (TPSA) is 41.9 Å². The molecule has 1 aliphatic rings. The number of aliphatic imine (C=N–C) groups is 1. The Balaban J connectivity index is 1.70. The second kappa shape index (κ2) is 9.71. The van der Waals surface area contributed by atoms with Crippen molar-refractivity contribution in [1.29, 1.82) is 0 Å². The zero-order valence-electron chi connectivity index (χ0n) is 18.1. The number of carbonyl (C=O) groups is 1. The van der Waals surface area contributed by atoms with E-state index in [0.717, 1.165) is 33.8 Å². The van der Waals surface area contributed by atoms with E-state index in [9.17, 15) is 4.79 Å². The molecule has 1 heterocycles. The molecule has 160 valence electrons. The fourth-order valence-corrected chi connectivity index (χ4v) is 4.32. The Labute approximate surface area is 192 Å². The zero-order valence-corrected chi connectivity index (χ0v) is 18.9. The average Bonchev–Trinajstić information content (AvgIpc) is 3.07. The van der Waals surface area contributed by atoms with Crippen LogP contribution in [-0.4, -0.2) is 17.7 Å². The number of anilines is 1. The number of amidine groups is 1. The number of ether oxygens (including phenoxy) is 1. The maximum atomic E-state index is 13.4. The largest absolute Gasteiger partial charge is 0.490 e.